The second-order valence-corrected chi connectivity index (χ2v) is 7.17. The number of rotatable bonds is 5. The number of nitrogens with one attached hydrogen (secondary N) is 1. The lowest BCUT2D eigenvalue weighted by Gasteiger charge is -2.14. The van der Waals surface area contributed by atoms with Gasteiger partial charge in [-0.15, -0.1) is 0 Å². The molecule has 22 heavy (non-hydrogen) atoms. The largest absolute Gasteiger partial charge is 0.493 e. The van der Waals surface area contributed by atoms with Crippen LogP contribution in [0.1, 0.15) is 18.1 Å². The Balaban J connectivity index is 1.69. The molecular weight excluding hydrogens is 300 g/mol. The van der Waals surface area contributed by atoms with Crippen molar-refractivity contribution < 1.29 is 13.2 Å². The second-order valence-electron chi connectivity index (χ2n) is 5.46. The molecule has 1 aliphatic heterocycles. The number of nitrogens with zero attached hydrogens (tertiary/aromatic N) is 1. The first-order chi connectivity index (χ1) is 10.5. The fraction of sp³-hybridized carbons (Fsp3) is 0.312. The molecular formula is C16H18N2O3S. The minimum absolute atomic E-state index is 0.184. The van der Waals surface area contributed by atoms with E-state index in [0.29, 0.717) is 6.42 Å². The van der Waals surface area contributed by atoms with Gasteiger partial charge in [0.25, 0.3) is 0 Å². The van der Waals surface area contributed by atoms with Gasteiger partial charge in [-0.05, 0) is 42.7 Å². The number of hydrogen-bond donors (Lipinski definition) is 1. The number of fused-ring (bicyclic) bond motifs is 1. The summed E-state index contributed by atoms with van der Waals surface area (Å²) in [5.41, 5.74) is 2.30. The van der Waals surface area contributed by atoms with Crippen molar-refractivity contribution >= 4 is 10.0 Å². The maximum absolute atomic E-state index is 12.2. The molecule has 1 aliphatic rings. The van der Waals surface area contributed by atoms with Crippen LogP contribution in [0.3, 0.4) is 0 Å². The summed E-state index contributed by atoms with van der Waals surface area (Å²) in [5, 5.41) is 0. The first-order valence-electron chi connectivity index (χ1n) is 7.21. The van der Waals surface area contributed by atoms with E-state index < -0.39 is 10.0 Å². The van der Waals surface area contributed by atoms with Gasteiger partial charge in [-0.25, -0.2) is 13.1 Å². The van der Waals surface area contributed by atoms with Gasteiger partial charge in [-0.1, -0.05) is 12.1 Å². The minimum Gasteiger partial charge on any atom is -0.493 e. The van der Waals surface area contributed by atoms with Crippen molar-refractivity contribution in [3.05, 3.63) is 53.9 Å². The lowest BCUT2D eigenvalue weighted by molar-refractivity contribution is 0.357. The highest BCUT2D eigenvalue weighted by molar-refractivity contribution is 7.89. The van der Waals surface area contributed by atoms with E-state index in [1.165, 1.54) is 17.8 Å². The topological polar surface area (TPSA) is 68.3 Å². The molecule has 5 nitrogen and oxygen atoms in total. The third kappa shape index (κ3) is 3.28. The molecule has 1 N–H and O–H groups in total. The third-order valence-corrected chi connectivity index (χ3v) is 5.17. The zero-order valence-electron chi connectivity index (χ0n) is 12.3. The van der Waals surface area contributed by atoms with Gasteiger partial charge in [-0.2, -0.15) is 0 Å². The molecule has 6 heteroatoms. The Bertz CT molecular complexity index is 760. The van der Waals surface area contributed by atoms with Gasteiger partial charge in [0.15, 0.2) is 0 Å². The molecule has 0 fully saturated rings. The van der Waals surface area contributed by atoms with Crippen molar-refractivity contribution in [2.24, 2.45) is 0 Å². The lowest BCUT2D eigenvalue weighted by atomic mass is 10.0. The summed E-state index contributed by atoms with van der Waals surface area (Å²) < 4.78 is 32.7. The van der Waals surface area contributed by atoms with Gasteiger partial charge >= 0.3 is 0 Å². The Labute approximate surface area is 130 Å². The van der Waals surface area contributed by atoms with Crippen LogP contribution >= 0.6 is 0 Å². The Kier molecular flexibility index (Phi) is 4.13. The van der Waals surface area contributed by atoms with Crippen LogP contribution in [0.5, 0.6) is 5.75 Å². The molecule has 2 aromatic rings. The Morgan fingerprint density at radius 3 is 3.00 bits per heavy atom. The number of pyridine rings is 1. The van der Waals surface area contributed by atoms with E-state index in [2.05, 4.69) is 15.8 Å². The smallest absolute Gasteiger partial charge is 0.242 e. The van der Waals surface area contributed by atoms with Crippen molar-refractivity contribution in [1.82, 2.24) is 9.71 Å². The molecule has 116 valence electrons. The summed E-state index contributed by atoms with van der Waals surface area (Å²) in [6.45, 7) is 2.58. The molecule has 3 rings (SSSR count). The Morgan fingerprint density at radius 1 is 1.36 bits per heavy atom. The van der Waals surface area contributed by atoms with E-state index in [1.54, 1.807) is 12.3 Å². The molecule has 0 radical (unpaired) electrons. The highest BCUT2D eigenvalue weighted by Crippen LogP contribution is 2.26. The van der Waals surface area contributed by atoms with Crippen LogP contribution in [0.2, 0.25) is 0 Å². The molecule has 0 saturated carbocycles. The van der Waals surface area contributed by atoms with Crippen LogP contribution < -0.4 is 9.46 Å². The third-order valence-electron chi connectivity index (χ3n) is 3.60. The van der Waals surface area contributed by atoms with Crippen molar-refractivity contribution in [3.63, 3.8) is 0 Å². The van der Waals surface area contributed by atoms with Crippen LogP contribution in [-0.4, -0.2) is 26.1 Å². The van der Waals surface area contributed by atoms with Crippen LogP contribution in [0.15, 0.2) is 47.6 Å². The van der Waals surface area contributed by atoms with E-state index >= 15 is 0 Å². The van der Waals surface area contributed by atoms with Gasteiger partial charge in [0.1, 0.15) is 10.6 Å². The number of aromatic nitrogens is 1. The highest BCUT2D eigenvalue weighted by Gasteiger charge is 2.18. The van der Waals surface area contributed by atoms with Crippen LogP contribution in [0.4, 0.5) is 0 Å². The minimum atomic E-state index is -3.53. The normalized spacial score (nSPS) is 15.1. The average Bonchev–Trinajstić information content (AvgIpc) is 2.95. The fourth-order valence-corrected chi connectivity index (χ4v) is 3.81. The van der Waals surface area contributed by atoms with E-state index in [0.717, 1.165) is 24.3 Å². The first kappa shape index (κ1) is 15.0. The van der Waals surface area contributed by atoms with Crippen molar-refractivity contribution in [1.29, 1.82) is 0 Å². The first-order valence-corrected chi connectivity index (χ1v) is 8.70. The Hall–Kier alpha value is -1.92. The molecule has 1 atom stereocenters. The van der Waals surface area contributed by atoms with E-state index in [1.807, 2.05) is 19.1 Å². The SMILES string of the molecule is CC(Cc1ccc2c(c1)CCO2)NS(=O)(=O)c1cccnc1. The maximum atomic E-state index is 12.2. The summed E-state index contributed by atoms with van der Waals surface area (Å²) in [7, 11) is -3.53. The molecule has 0 bridgehead atoms. The lowest BCUT2D eigenvalue weighted by Crippen LogP contribution is -2.34. The summed E-state index contributed by atoms with van der Waals surface area (Å²) in [6.07, 6.45) is 4.45. The summed E-state index contributed by atoms with van der Waals surface area (Å²) >= 11 is 0. The number of benzene rings is 1. The molecule has 0 spiro atoms. The Morgan fingerprint density at radius 2 is 2.23 bits per heavy atom. The molecule has 0 aliphatic carbocycles. The van der Waals surface area contributed by atoms with Crippen LogP contribution in [0.25, 0.3) is 0 Å². The molecule has 1 unspecified atom stereocenters. The van der Waals surface area contributed by atoms with E-state index in [-0.39, 0.29) is 10.9 Å². The summed E-state index contributed by atoms with van der Waals surface area (Å²) in [6, 6.07) is 8.98. The second kappa shape index (κ2) is 6.06. The molecule has 0 saturated heterocycles. The zero-order valence-corrected chi connectivity index (χ0v) is 13.1. The molecule has 1 aromatic heterocycles. The summed E-state index contributed by atoms with van der Waals surface area (Å²) in [4.78, 5) is 4.03. The molecule has 1 aromatic carbocycles. The van der Waals surface area contributed by atoms with E-state index in [9.17, 15) is 8.42 Å². The quantitative estimate of drug-likeness (QED) is 0.914. The van der Waals surface area contributed by atoms with E-state index in [4.69, 9.17) is 4.74 Å². The maximum Gasteiger partial charge on any atom is 0.242 e. The van der Waals surface area contributed by atoms with Crippen LogP contribution in [-0.2, 0) is 22.9 Å². The number of ether oxygens (including phenoxy) is 1. The molecule has 2 heterocycles. The molecule has 0 amide bonds. The monoisotopic (exact) mass is 318 g/mol. The number of hydrogen-bond acceptors (Lipinski definition) is 4. The van der Waals surface area contributed by atoms with Gasteiger partial charge in [0.05, 0.1) is 6.61 Å². The average molecular weight is 318 g/mol. The summed E-state index contributed by atoms with van der Waals surface area (Å²) in [5.74, 6) is 0.937. The highest BCUT2D eigenvalue weighted by atomic mass is 32.2. The van der Waals surface area contributed by atoms with Crippen molar-refractivity contribution in [3.8, 4) is 5.75 Å². The van der Waals surface area contributed by atoms with Gasteiger partial charge < -0.3 is 4.74 Å². The zero-order chi connectivity index (χ0) is 15.6. The van der Waals surface area contributed by atoms with Crippen molar-refractivity contribution in [2.45, 2.75) is 30.7 Å². The van der Waals surface area contributed by atoms with Gasteiger partial charge in [0.2, 0.25) is 10.0 Å². The van der Waals surface area contributed by atoms with Crippen LogP contribution in [0, 0.1) is 0 Å². The van der Waals surface area contributed by atoms with Gasteiger partial charge in [-0.3, -0.25) is 4.98 Å². The van der Waals surface area contributed by atoms with Gasteiger partial charge in [0, 0.05) is 24.9 Å². The number of sulfonamides is 1. The fourth-order valence-electron chi connectivity index (χ4n) is 2.60. The van der Waals surface area contributed by atoms with Crippen molar-refractivity contribution in [2.75, 3.05) is 6.61 Å². The predicted molar refractivity (Wildman–Crippen MR) is 83.4 cm³/mol. The standard InChI is InChI=1S/C16H18N2O3S/c1-12(18-22(19,20)15-3-2-7-17-11-15)9-13-4-5-16-14(10-13)6-8-21-16/h2-5,7,10-12,18H,6,8-9H2,1H3. The predicted octanol–water partition coefficient (Wildman–Crippen LogP) is 1.93.